The number of aryl methyl sites for hydroxylation is 2. The second-order valence-electron chi connectivity index (χ2n) is 5.93. The number of benzene rings is 1. The third kappa shape index (κ3) is 2.73. The molecule has 1 aliphatic heterocycles. The van der Waals surface area contributed by atoms with Gasteiger partial charge in [0.05, 0.1) is 11.4 Å². The fraction of sp³-hybridized carbons (Fsp3) is 0.353. The van der Waals surface area contributed by atoms with Crippen LogP contribution in [0, 0.1) is 6.92 Å². The smallest absolute Gasteiger partial charge is 0.279 e. The van der Waals surface area contributed by atoms with Crippen LogP contribution in [0.5, 0.6) is 5.75 Å². The molecule has 0 saturated heterocycles. The summed E-state index contributed by atoms with van der Waals surface area (Å²) in [4.78, 5) is 25.1. The zero-order chi connectivity index (χ0) is 17.3. The molecule has 7 nitrogen and oxygen atoms in total. The van der Waals surface area contributed by atoms with E-state index in [2.05, 4.69) is 15.7 Å². The Morgan fingerprint density at radius 2 is 2.17 bits per heavy atom. The van der Waals surface area contributed by atoms with E-state index in [-0.39, 0.29) is 0 Å². The van der Waals surface area contributed by atoms with Crippen molar-refractivity contribution in [2.75, 3.05) is 10.6 Å². The van der Waals surface area contributed by atoms with Gasteiger partial charge in [0.25, 0.3) is 17.4 Å². The van der Waals surface area contributed by atoms with E-state index in [1.54, 1.807) is 35.0 Å². The zero-order valence-corrected chi connectivity index (χ0v) is 13.9. The van der Waals surface area contributed by atoms with Gasteiger partial charge >= 0.3 is 0 Å². The van der Waals surface area contributed by atoms with E-state index in [0.717, 1.165) is 12.1 Å². The molecule has 0 spiro atoms. The summed E-state index contributed by atoms with van der Waals surface area (Å²) in [6.07, 6.45) is 0.881. The Labute approximate surface area is 140 Å². The SMILES string of the molecule is CCCn1nc(C)cc1NC(=O)C1(C)Oc2ccccc2NC1=O. The van der Waals surface area contributed by atoms with Gasteiger partial charge in [-0.15, -0.1) is 0 Å². The number of hydrogen-bond acceptors (Lipinski definition) is 4. The summed E-state index contributed by atoms with van der Waals surface area (Å²) in [6.45, 7) is 6.01. The van der Waals surface area contributed by atoms with Crippen LogP contribution in [-0.2, 0) is 16.1 Å². The van der Waals surface area contributed by atoms with Crippen LogP contribution in [0.2, 0.25) is 0 Å². The van der Waals surface area contributed by atoms with Crippen molar-refractivity contribution in [2.45, 2.75) is 39.3 Å². The molecule has 0 saturated carbocycles. The van der Waals surface area contributed by atoms with Gasteiger partial charge in [-0.25, -0.2) is 4.68 Å². The zero-order valence-electron chi connectivity index (χ0n) is 13.9. The molecule has 0 bridgehead atoms. The second kappa shape index (κ2) is 5.99. The van der Waals surface area contributed by atoms with Crippen LogP contribution in [0.15, 0.2) is 30.3 Å². The number of carbonyl (C=O) groups is 2. The van der Waals surface area contributed by atoms with Gasteiger partial charge in [0.2, 0.25) is 0 Å². The summed E-state index contributed by atoms with van der Waals surface area (Å²) in [5, 5.41) is 9.82. The van der Waals surface area contributed by atoms with Crippen molar-refractivity contribution in [3.05, 3.63) is 36.0 Å². The first-order valence-electron chi connectivity index (χ1n) is 7.89. The summed E-state index contributed by atoms with van der Waals surface area (Å²) in [5.41, 5.74) is -0.299. The summed E-state index contributed by atoms with van der Waals surface area (Å²) in [7, 11) is 0. The molecule has 1 aliphatic rings. The molecule has 24 heavy (non-hydrogen) atoms. The molecule has 0 radical (unpaired) electrons. The van der Waals surface area contributed by atoms with Gasteiger partial charge in [0, 0.05) is 12.6 Å². The molecule has 0 fully saturated rings. The minimum atomic E-state index is -1.65. The Bertz CT molecular complexity index is 799. The number of nitrogens with one attached hydrogen (secondary N) is 2. The molecule has 126 valence electrons. The number of anilines is 2. The molecule has 1 atom stereocenters. The summed E-state index contributed by atoms with van der Waals surface area (Å²) in [5.74, 6) is -0.0208. The monoisotopic (exact) mass is 328 g/mol. The first-order chi connectivity index (χ1) is 11.4. The number of rotatable bonds is 4. The Balaban J connectivity index is 1.86. The van der Waals surface area contributed by atoms with E-state index in [1.165, 1.54) is 6.92 Å². The summed E-state index contributed by atoms with van der Waals surface area (Å²) in [6, 6.07) is 8.79. The summed E-state index contributed by atoms with van der Waals surface area (Å²) >= 11 is 0. The molecule has 1 aromatic carbocycles. The number of aromatic nitrogens is 2. The highest BCUT2D eigenvalue weighted by molar-refractivity contribution is 6.18. The fourth-order valence-corrected chi connectivity index (χ4v) is 2.58. The molecule has 1 unspecified atom stereocenters. The van der Waals surface area contributed by atoms with Crippen LogP contribution in [0.4, 0.5) is 11.5 Å². The van der Waals surface area contributed by atoms with Crippen LogP contribution in [0.25, 0.3) is 0 Å². The molecular formula is C17H20N4O3. The van der Waals surface area contributed by atoms with Crippen LogP contribution in [-0.4, -0.2) is 27.2 Å². The van der Waals surface area contributed by atoms with Crippen LogP contribution in [0.1, 0.15) is 26.0 Å². The van der Waals surface area contributed by atoms with Crippen molar-refractivity contribution in [1.82, 2.24) is 9.78 Å². The van der Waals surface area contributed by atoms with Gasteiger partial charge in [0.15, 0.2) is 0 Å². The van der Waals surface area contributed by atoms with E-state index >= 15 is 0 Å². The molecule has 7 heteroatoms. The third-order valence-corrected chi connectivity index (χ3v) is 3.90. The quantitative estimate of drug-likeness (QED) is 0.844. The molecule has 3 rings (SSSR count). The topological polar surface area (TPSA) is 85.2 Å². The van der Waals surface area contributed by atoms with Gasteiger partial charge in [-0.1, -0.05) is 19.1 Å². The number of carbonyl (C=O) groups excluding carboxylic acids is 2. The van der Waals surface area contributed by atoms with E-state index in [4.69, 9.17) is 4.74 Å². The highest BCUT2D eigenvalue weighted by atomic mass is 16.5. The molecule has 2 heterocycles. The van der Waals surface area contributed by atoms with Crippen molar-refractivity contribution in [3.63, 3.8) is 0 Å². The summed E-state index contributed by atoms with van der Waals surface area (Å²) < 4.78 is 7.43. The number of hydrogen-bond donors (Lipinski definition) is 2. The largest absolute Gasteiger partial charge is 0.466 e. The van der Waals surface area contributed by atoms with Crippen molar-refractivity contribution >= 4 is 23.3 Å². The Kier molecular flexibility index (Phi) is 4.01. The Hall–Kier alpha value is -2.83. The Morgan fingerprint density at radius 3 is 2.92 bits per heavy atom. The first-order valence-corrected chi connectivity index (χ1v) is 7.89. The predicted molar refractivity (Wildman–Crippen MR) is 90.0 cm³/mol. The molecule has 2 aromatic rings. The van der Waals surface area contributed by atoms with Gasteiger partial charge in [-0.3, -0.25) is 9.59 Å². The average molecular weight is 328 g/mol. The molecule has 2 N–H and O–H groups in total. The number of nitrogens with zero attached hydrogens (tertiary/aromatic N) is 2. The number of para-hydroxylation sites is 2. The molecule has 1 aromatic heterocycles. The maximum Gasteiger partial charge on any atom is 0.279 e. The molecular weight excluding hydrogens is 308 g/mol. The van der Waals surface area contributed by atoms with Gasteiger partial charge in [0.1, 0.15) is 11.6 Å². The maximum atomic E-state index is 12.7. The predicted octanol–water partition coefficient (Wildman–Crippen LogP) is 2.33. The van der Waals surface area contributed by atoms with E-state index in [0.29, 0.717) is 23.8 Å². The minimum absolute atomic E-state index is 0.466. The number of ether oxygens (including phenoxy) is 1. The minimum Gasteiger partial charge on any atom is -0.466 e. The Morgan fingerprint density at radius 1 is 1.42 bits per heavy atom. The fourth-order valence-electron chi connectivity index (χ4n) is 2.58. The van der Waals surface area contributed by atoms with Crippen molar-refractivity contribution in [1.29, 1.82) is 0 Å². The lowest BCUT2D eigenvalue weighted by Crippen LogP contribution is -2.56. The van der Waals surface area contributed by atoms with Crippen molar-refractivity contribution in [3.8, 4) is 5.75 Å². The van der Waals surface area contributed by atoms with E-state index in [9.17, 15) is 9.59 Å². The van der Waals surface area contributed by atoms with E-state index in [1.807, 2.05) is 13.8 Å². The van der Waals surface area contributed by atoms with Crippen molar-refractivity contribution in [2.24, 2.45) is 0 Å². The molecule has 0 aliphatic carbocycles. The van der Waals surface area contributed by atoms with Crippen LogP contribution >= 0.6 is 0 Å². The number of amides is 2. The first kappa shape index (κ1) is 16.0. The highest BCUT2D eigenvalue weighted by Gasteiger charge is 2.47. The average Bonchev–Trinajstić information content (AvgIpc) is 2.88. The van der Waals surface area contributed by atoms with E-state index < -0.39 is 17.4 Å². The molecule has 2 amide bonds. The van der Waals surface area contributed by atoms with Gasteiger partial charge < -0.3 is 15.4 Å². The van der Waals surface area contributed by atoms with Crippen molar-refractivity contribution < 1.29 is 14.3 Å². The van der Waals surface area contributed by atoms with Crippen LogP contribution in [0.3, 0.4) is 0 Å². The maximum absolute atomic E-state index is 12.7. The second-order valence-corrected chi connectivity index (χ2v) is 5.93. The normalized spacial score (nSPS) is 19.2. The number of fused-ring (bicyclic) bond motifs is 1. The lowest BCUT2D eigenvalue weighted by atomic mass is 10.0. The lowest BCUT2D eigenvalue weighted by molar-refractivity contribution is -0.143. The van der Waals surface area contributed by atoms with Gasteiger partial charge in [-0.2, -0.15) is 5.10 Å². The lowest BCUT2D eigenvalue weighted by Gasteiger charge is -2.33. The standard InChI is InChI=1S/C17H20N4O3/c1-4-9-21-14(10-11(2)20-21)19-16(23)17(3)15(22)18-12-7-5-6-8-13(12)24-17/h5-8,10H,4,9H2,1-3H3,(H,18,22)(H,19,23). The highest BCUT2D eigenvalue weighted by Crippen LogP contribution is 2.33. The third-order valence-electron chi connectivity index (χ3n) is 3.90. The van der Waals surface area contributed by atoms with Gasteiger partial charge in [-0.05, 0) is 32.4 Å². The van der Waals surface area contributed by atoms with Crippen LogP contribution < -0.4 is 15.4 Å².